The summed E-state index contributed by atoms with van der Waals surface area (Å²) in [6, 6.07) is 0.646. The van der Waals surface area contributed by atoms with Crippen LogP contribution < -0.4 is 5.32 Å². The molecule has 0 aromatic heterocycles. The fourth-order valence-corrected chi connectivity index (χ4v) is 2.77. The van der Waals surface area contributed by atoms with E-state index < -0.39 is 0 Å². The molecule has 0 aliphatic carbocycles. The van der Waals surface area contributed by atoms with Crippen molar-refractivity contribution in [2.75, 3.05) is 25.5 Å². The number of nitrogens with one attached hydrogen (secondary N) is 1. The predicted molar refractivity (Wildman–Crippen MR) is 43.5 cm³/mol. The monoisotopic (exact) mass is 159 g/mol. The number of ether oxygens (including phenoxy) is 1. The molecule has 2 aliphatic rings. The molecule has 0 radical (unpaired) electrons. The van der Waals surface area contributed by atoms with Gasteiger partial charge >= 0.3 is 0 Å². The maximum atomic E-state index is 5.36. The van der Waals surface area contributed by atoms with Gasteiger partial charge < -0.3 is 10.1 Å². The molecule has 0 saturated carbocycles. The third-order valence-electron chi connectivity index (χ3n) is 2.13. The van der Waals surface area contributed by atoms with Crippen LogP contribution in [-0.4, -0.2) is 36.8 Å². The molecule has 2 heterocycles. The zero-order valence-corrected chi connectivity index (χ0v) is 6.82. The lowest BCUT2D eigenvalue weighted by Crippen LogP contribution is -2.49. The van der Waals surface area contributed by atoms with Crippen molar-refractivity contribution >= 4 is 11.8 Å². The molecule has 10 heavy (non-hydrogen) atoms. The number of hydrogen-bond donors (Lipinski definition) is 1. The Morgan fingerprint density at radius 3 is 3.40 bits per heavy atom. The first kappa shape index (κ1) is 6.95. The minimum absolute atomic E-state index is 0.646. The van der Waals surface area contributed by atoms with Gasteiger partial charge in [0.1, 0.15) is 0 Å². The molecule has 3 heteroatoms. The van der Waals surface area contributed by atoms with Crippen LogP contribution in [0.1, 0.15) is 6.42 Å². The van der Waals surface area contributed by atoms with Gasteiger partial charge in [-0.1, -0.05) is 0 Å². The summed E-state index contributed by atoms with van der Waals surface area (Å²) in [5.41, 5.74) is 0. The van der Waals surface area contributed by atoms with Gasteiger partial charge in [0.05, 0.1) is 6.61 Å². The molecule has 0 aromatic rings. The Balaban J connectivity index is 1.93. The van der Waals surface area contributed by atoms with Crippen LogP contribution in [-0.2, 0) is 4.74 Å². The highest BCUT2D eigenvalue weighted by atomic mass is 32.2. The van der Waals surface area contributed by atoms with E-state index in [0.29, 0.717) is 6.04 Å². The summed E-state index contributed by atoms with van der Waals surface area (Å²) in [4.78, 5) is 0. The Kier molecular flexibility index (Phi) is 2.16. The van der Waals surface area contributed by atoms with E-state index in [2.05, 4.69) is 17.1 Å². The maximum Gasteiger partial charge on any atom is 0.0630 e. The summed E-state index contributed by atoms with van der Waals surface area (Å²) in [6.07, 6.45) is 1.24. The van der Waals surface area contributed by atoms with Gasteiger partial charge in [-0.3, -0.25) is 0 Å². The average Bonchev–Trinajstić information content (AvgIpc) is 2.05. The second-order valence-electron chi connectivity index (χ2n) is 2.83. The van der Waals surface area contributed by atoms with Gasteiger partial charge in [0.25, 0.3) is 0 Å². The van der Waals surface area contributed by atoms with E-state index in [1.54, 1.807) is 0 Å². The van der Waals surface area contributed by atoms with Gasteiger partial charge in [0.15, 0.2) is 0 Å². The van der Waals surface area contributed by atoms with Crippen LogP contribution in [0.4, 0.5) is 0 Å². The summed E-state index contributed by atoms with van der Waals surface area (Å²) in [5.74, 6) is 1.28. The summed E-state index contributed by atoms with van der Waals surface area (Å²) < 4.78 is 5.36. The molecule has 2 unspecified atom stereocenters. The van der Waals surface area contributed by atoms with E-state index in [0.717, 1.165) is 25.0 Å². The summed E-state index contributed by atoms with van der Waals surface area (Å²) >= 11 is 2.10. The molecule has 0 bridgehead atoms. The van der Waals surface area contributed by atoms with Gasteiger partial charge in [-0.25, -0.2) is 0 Å². The zero-order valence-electron chi connectivity index (χ0n) is 6.01. The summed E-state index contributed by atoms with van der Waals surface area (Å²) in [6.45, 7) is 3.06. The largest absolute Gasteiger partial charge is 0.380 e. The lowest BCUT2D eigenvalue weighted by atomic mass is 10.1. The Morgan fingerprint density at radius 1 is 1.50 bits per heavy atom. The smallest absolute Gasteiger partial charge is 0.0630 e. The van der Waals surface area contributed by atoms with Crippen LogP contribution in [0.3, 0.4) is 0 Å². The topological polar surface area (TPSA) is 21.3 Å². The Labute approximate surface area is 65.7 Å². The Hall–Kier alpha value is 0.270. The first-order valence-electron chi connectivity index (χ1n) is 3.89. The highest BCUT2D eigenvalue weighted by Gasteiger charge is 2.27. The van der Waals surface area contributed by atoms with Gasteiger partial charge in [0, 0.05) is 30.2 Å². The molecule has 2 saturated heterocycles. The minimum atomic E-state index is 0.646. The van der Waals surface area contributed by atoms with E-state index >= 15 is 0 Å². The van der Waals surface area contributed by atoms with E-state index in [-0.39, 0.29) is 0 Å². The SMILES string of the molecule is C1CSC2CCOCC2N1. The van der Waals surface area contributed by atoms with Crippen molar-refractivity contribution in [3.63, 3.8) is 0 Å². The van der Waals surface area contributed by atoms with Crippen molar-refractivity contribution < 1.29 is 4.74 Å². The Morgan fingerprint density at radius 2 is 2.50 bits per heavy atom. The predicted octanol–water partition coefficient (Wildman–Crippen LogP) is 0.480. The molecule has 58 valence electrons. The quantitative estimate of drug-likeness (QED) is 0.555. The minimum Gasteiger partial charge on any atom is -0.380 e. The molecule has 1 N–H and O–H groups in total. The number of rotatable bonds is 0. The molecule has 2 aliphatic heterocycles. The average molecular weight is 159 g/mol. The molecule has 2 nitrogen and oxygen atoms in total. The molecular formula is C7H13NOS. The summed E-state index contributed by atoms with van der Waals surface area (Å²) in [5, 5.41) is 4.31. The van der Waals surface area contributed by atoms with Gasteiger partial charge in [-0.15, -0.1) is 0 Å². The van der Waals surface area contributed by atoms with Crippen molar-refractivity contribution in [1.29, 1.82) is 0 Å². The molecule has 0 aromatic carbocycles. The van der Waals surface area contributed by atoms with E-state index in [1.807, 2.05) is 0 Å². The molecule has 2 fully saturated rings. The van der Waals surface area contributed by atoms with Crippen molar-refractivity contribution in [1.82, 2.24) is 5.32 Å². The van der Waals surface area contributed by atoms with Gasteiger partial charge in [-0.2, -0.15) is 11.8 Å². The van der Waals surface area contributed by atoms with Gasteiger partial charge in [0.2, 0.25) is 0 Å². The van der Waals surface area contributed by atoms with Crippen molar-refractivity contribution in [2.24, 2.45) is 0 Å². The third kappa shape index (κ3) is 1.31. The normalized spacial score (nSPS) is 40.8. The first-order chi connectivity index (χ1) is 4.97. The lowest BCUT2D eigenvalue weighted by molar-refractivity contribution is 0.0734. The number of fused-ring (bicyclic) bond motifs is 1. The molecule has 0 spiro atoms. The first-order valence-corrected chi connectivity index (χ1v) is 4.94. The van der Waals surface area contributed by atoms with E-state index in [1.165, 1.54) is 12.2 Å². The maximum absolute atomic E-state index is 5.36. The Bertz CT molecular complexity index is 94.2. The molecule has 0 amide bonds. The van der Waals surface area contributed by atoms with Crippen molar-refractivity contribution in [2.45, 2.75) is 17.7 Å². The van der Waals surface area contributed by atoms with Crippen LogP contribution >= 0.6 is 11.8 Å². The van der Waals surface area contributed by atoms with Crippen LogP contribution in [0.15, 0.2) is 0 Å². The fraction of sp³-hybridized carbons (Fsp3) is 1.00. The van der Waals surface area contributed by atoms with Crippen LogP contribution in [0.25, 0.3) is 0 Å². The highest BCUT2D eigenvalue weighted by molar-refractivity contribution is 8.00. The summed E-state index contributed by atoms with van der Waals surface area (Å²) in [7, 11) is 0. The van der Waals surface area contributed by atoms with Crippen molar-refractivity contribution in [3.8, 4) is 0 Å². The number of thioether (sulfide) groups is 1. The van der Waals surface area contributed by atoms with Gasteiger partial charge in [-0.05, 0) is 6.42 Å². The molecule has 2 rings (SSSR count). The van der Waals surface area contributed by atoms with Crippen LogP contribution in [0.5, 0.6) is 0 Å². The lowest BCUT2D eigenvalue weighted by Gasteiger charge is -2.35. The van der Waals surface area contributed by atoms with E-state index in [4.69, 9.17) is 4.74 Å². The van der Waals surface area contributed by atoms with Crippen molar-refractivity contribution in [3.05, 3.63) is 0 Å². The number of hydrogen-bond acceptors (Lipinski definition) is 3. The molecular weight excluding hydrogens is 146 g/mol. The second-order valence-corrected chi connectivity index (χ2v) is 4.18. The second kappa shape index (κ2) is 3.11. The highest BCUT2D eigenvalue weighted by Crippen LogP contribution is 2.24. The van der Waals surface area contributed by atoms with Crippen LogP contribution in [0.2, 0.25) is 0 Å². The van der Waals surface area contributed by atoms with Crippen LogP contribution in [0, 0.1) is 0 Å². The fourth-order valence-electron chi connectivity index (χ4n) is 1.56. The van der Waals surface area contributed by atoms with E-state index in [9.17, 15) is 0 Å². The molecule has 2 atom stereocenters. The zero-order chi connectivity index (χ0) is 6.81. The standard InChI is InChI=1S/C7H13NOS/c1-3-9-5-6-7(1)10-4-2-8-6/h6-8H,1-5H2. The third-order valence-corrected chi connectivity index (χ3v) is 3.57.